The quantitative estimate of drug-likeness (QED) is 0.352. The van der Waals surface area contributed by atoms with Gasteiger partial charge in [0.1, 0.15) is 0 Å². The van der Waals surface area contributed by atoms with Crippen molar-refractivity contribution in [3.8, 4) is 0 Å². The van der Waals surface area contributed by atoms with Crippen LogP contribution in [-0.4, -0.2) is 4.93 Å². The molecular weight excluding hydrogens is 460 g/mol. The standard InChI is InChI=1S/C15H18N.CH3I.HI/c1-13-8-10-16(11-9-13)14(2)12-15-6-4-3-5-7-15;1-2;/h3-11,14H,12H2,1-2H3;1H3;1H/q+1;;/p-1. The van der Waals surface area contributed by atoms with Crippen LogP contribution in [0.5, 0.6) is 0 Å². The van der Waals surface area contributed by atoms with Gasteiger partial charge in [-0.25, -0.2) is 4.57 Å². The van der Waals surface area contributed by atoms with Gasteiger partial charge in [0.05, 0.1) is 0 Å². The lowest BCUT2D eigenvalue weighted by Crippen LogP contribution is -3.00. The third-order valence-electron chi connectivity index (χ3n) is 2.90. The molecule has 1 atom stereocenters. The molecule has 1 aromatic carbocycles. The van der Waals surface area contributed by atoms with Crippen LogP contribution in [-0.2, 0) is 6.42 Å². The average Bonchev–Trinajstić information content (AvgIpc) is 2.43. The first-order valence-corrected chi connectivity index (χ1v) is 8.30. The molecule has 0 aliphatic heterocycles. The van der Waals surface area contributed by atoms with Crippen molar-refractivity contribution in [1.29, 1.82) is 0 Å². The van der Waals surface area contributed by atoms with Gasteiger partial charge >= 0.3 is 0 Å². The molecule has 0 radical (unpaired) electrons. The molecule has 0 saturated carbocycles. The molecule has 0 saturated heterocycles. The van der Waals surface area contributed by atoms with Crippen molar-refractivity contribution in [1.82, 2.24) is 0 Å². The van der Waals surface area contributed by atoms with Gasteiger partial charge in [0.15, 0.2) is 18.4 Å². The lowest BCUT2D eigenvalue weighted by Gasteiger charge is -2.07. The highest BCUT2D eigenvalue weighted by atomic mass is 127. The van der Waals surface area contributed by atoms with Gasteiger partial charge in [-0.2, -0.15) is 0 Å². The molecule has 0 N–H and O–H groups in total. The SMILES string of the molecule is CI.Cc1cc[n+](C(C)Cc2ccccc2)cc1.[I-]. The summed E-state index contributed by atoms with van der Waals surface area (Å²) in [6, 6.07) is 15.4. The zero-order valence-corrected chi connectivity index (χ0v) is 16.0. The largest absolute Gasteiger partial charge is 1.00 e. The molecule has 0 aliphatic carbocycles. The Morgan fingerprint density at radius 3 is 2.05 bits per heavy atom. The second kappa shape index (κ2) is 10.6. The number of aryl methyl sites for hydroxylation is 1. The predicted octanol–water partition coefficient (Wildman–Crippen LogP) is 1.14. The smallest absolute Gasteiger partial charge is 0.169 e. The van der Waals surface area contributed by atoms with Gasteiger partial charge in [0.25, 0.3) is 0 Å². The Balaban J connectivity index is 0.00000103. The van der Waals surface area contributed by atoms with Gasteiger partial charge in [0.2, 0.25) is 0 Å². The van der Waals surface area contributed by atoms with E-state index in [1.165, 1.54) is 11.1 Å². The first kappa shape index (κ1) is 18.8. The van der Waals surface area contributed by atoms with Crippen molar-refractivity contribution in [2.24, 2.45) is 0 Å². The number of halogens is 2. The monoisotopic (exact) mass is 481 g/mol. The first-order chi connectivity index (χ1) is 8.75. The normalized spacial score (nSPS) is 10.7. The van der Waals surface area contributed by atoms with Crippen LogP contribution in [0.15, 0.2) is 54.9 Å². The average molecular weight is 481 g/mol. The van der Waals surface area contributed by atoms with Crippen LogP contribution in [0.25, 0.3) is 0 Å². The van der Waals surface area contributed by atoms with Crippen LogP contribution < -0.4 is 28.5 Å². The van der Waals surface area contributed by atoms with E-state index in [1.807, 2.05) is 4.93 Å². The van der Waals surface area contributed by atoms with Crippen LogP contribution in [0.3, 0.4) is 0 Å². The molecular formula is C16H21I2N. The maximum absolute atomic E-state index is 2.26. The molecule has 2 rings (SSSR count). The van der Waals surface area contributed by atoms with E-state index in [0.717, 1.165) is 6.42 Å². The van der Waals surface area contributed by atoms with Gasteiger partial charge < -0.3 is 24.0 Å². The summed E-state index contributed by atoms with van der Waals surface area (Å²) in [5.74, 6) is 0. The van der Waals surface area contributed by atoms with Crippen LogP contribution in [0.4, 0.5) is 0 Å². The summed E-state index contributed by atoms with van der Waals surface area (Å²) < 4.78 is 2.26. The minimum Gasteiger partial charge on any atom is -1.00 e. The molecule has 0 amide bonds. The summed E-state index contributed by atoms with van der Waals surface area (Å²) in [6.07, 6.45) is 5.39. The summed E-state index contributed by atoms with van der Waals surface area (Å²) >= 11 is 2.15. The lowest BCUT2D eigenvalue weighted by molar-refractivity contribution is -0.719. The molecule has 0 aliphatic rings. The van der Waals surface area contributed by atoms with Crippen LogP contribution in [0.1, 0.15) is 24.1 Å². The van der Waals surface area contributed by atoms with Crippen LogP contribution >= 0.6 is 22.6 Å². The van der Waals surface area contributed by atoms with Gasteiger partial charge in [-0.05, 0) is 29.9 Å². The van der Waals surface area contributed by atoms with Crippen molar-refractivity contribution in [3.05, 3.63) is 66.0 Å². The van der Waals surface area contributed by atoms with Gasteiger partial charge in [-0.15, -0.1) is 0 Å². The zero-order valence-electron chi connectivity index (χ0n) is 11.7. The van der Waals surface area contributed by atoms with Crippen molar-refractivity contribution >= 4 is 22.6 Å². The topological polar surface area (TPSA) is 3.88 Å². The summed E-state index contributed by atoms with van der Waals surface area (Å²) in [5.41, 5.74) is 2.70. The van der Waals surface area contributed by atoms with E-state index in [0.29, 0.717) is 6.04 Å². The highest BCUT2D eigenvalue weighted by Crippen LogP contribution is 2.07. The van der Waals surface area contributed by atoms with E-state index in [9.17, 15) is 0 Å². The van der Waals surface area contributed by atoms with E-state index >= 15 is 0 Å². The lowest BCUT2D eigenvalue weighted by atomic mass is 10.1. The number of hydrogen-bond donors (Lipinski definition) is 0. The fourth-order valence-electron chi connectivity index (χ4n) is 1.87. The Bertz CT molecular complexity index is 440. The molecule has 1 nitrogen and oxygen atoms in total. The number of nitrogens with zero attached hydrogens (tertiary/aromatic N) is 1. The molecule has 2 aromatic rings. The van der Waals surface area contributed by atoms with Crippen molar-refractivity contribution in [2.75, 3.05) is 4.93 Å². The third kappa shape index (κ3) is 6.70. The van der Waals surface area contributed by atoms with Gasteiger partial charge in [0, 0.05) is 18.6 Å². The van der Waals surface area contributed by atoms with Gasteiger partial charge in [-0.3, -0.25) is 0 Å². The molecule has 1 aromatic heterocycles. The molecule has 0 fully saturated rings. The summed E-state index contributed by atoms with van der Waals surface area (Å²) in [7, 11) is 0. The molecule has 0 bridgehead atoms. The molecule has 1 heterocycles. The maximum Gasteiger partial charge on any atom is 0.169 e. The van der Waals surface area contributed by atoms with Crippen molar-refractivity contribution in [3.63, 3.8) is 0 Å². The predicted molar refractivity (Wildman–Crippen MR) is 86.2 cm³/mol. The van der Waals surface area contributed by atoms with Crippen molar-refractivity contribution < 1.29 is 28.5 Å². The Morgan fingerprint density at radius 1 is 1.00 bits per heavy atom. The van der Waals surface area contributed by atoms with E-state index < -0.39 is 0 Å². The summed E-state index contributed by atoms with van der Waals surface area (Å²) in [5, 5.41) is 0. The van der Waals surface area contributed by atoms with Crippen LogP contribution in [0, 0.1) is 6.92 Å². The number of benzene rings is 1. The Labute approximate surface area is 147 Å². The van der Waals surface area contributed by atoms with E-state index in [2.05, 4.69) is 95.9 Å². The Morgan fingerprint density at radius 2 is 1.53 bits per heavy atom. The molecule has 19 heavy (non-hydrogen) atoms. The molecule has 3 heteroatoms. The molecule has 104 valence electrons. The maximum atomic E-state index is 2.26. The second-order valence-corrected chi connectivity index (χ2v) is 4.36. The number of pyridine rings is 1. The van der Waals surface area contributed by atoms with Gasteiger partial charge in [-0.1, -0.05) is 52.9 Å². The van der Waals surface area contributed by atoms with Crippen molar-refractivity contribution in [2.45, 2.75) is 26.3 Å². The minimum atomic E-state index is 0. The number of aromatic nitrogens is 1. The highest BCUT2D eigenvalue weighted by molar-refractivity contribution is 14.1. The fourth-order valence-corrected chi connectivity index (χ4v) is 1.87. The summed E-state index contributed by atoms with van der Waals surface area (Å²) in [6.45, 7) is 4.37. The first-order valence-electron chi connectivity index (χ1n) is 6.15. The fraction of sp³-hybridized carbons (Fsp3) is 0.312. The van der Waals surface area contributed by atoms with E-state index in [4.69, 9.17) is 0 Å². The number of alkyl halides is 1. The number of hydrogen-bond acceptors (Lipinski definition) is 0. The van der Waals surface area contributed by atoms with E-state index in [-0.39, 0.29) is 24.0 Å². The van der Waals surface area contributed by atoms with Crippen LogP contribution in [0.2, 0.25) is 0 Å². The van der Waals surface area contributed by atoms with E-state index in [1.54, 1.807) is 0 Å². The zero-order chi connectivity index (χ0) is 13.4. The summed E-state index contributed by atoms with van der Waals surface area (Å²) in [4.78, 5) is 1.97. The Kier molecular flexibility index (Phi) is 10.5. The third-order valence-corrected chi connectivity index (χ3v) is 2.90. The number of rotatable bonds is 3. The minimum absolute atomic E-state index is 0. The molecule has 1 unspecified atom stereocenters. The molecule has 0 spiro atoms. The Hall–Kier alpha value is -0.170. The highest BCUT2D eigenvalue weighted by Gasteiger charge is 2.11. The second-order valence-electron chi connectivity index (χ2n) is 4.36.